The van der Waals surface area contributed by atoms with Crippen LogP contribution in [0.5, 0.6) is 5.75 Å². The molecule has 2 aromatic rings. The van der Waals surface area contributed by atoms with E-state index in [1.54, 1.807) is 0 Å². The molecular formula is C33H44O5. The van der Waals surface area contributed by atoms with E-state index in [-0.39, 0.29) is 30.3 Å². The van der Waals surface area contributed by atoms with E-state index < -0.39 is 18.2 Å². The molecule has 5 nitrogen and oxygen atoms in total. The first-order valence-electron chi connectivity index (χ1n) is 14.0. The minimum atomic E-state index is -0.925. The van der Waals surface area contributed by atoms with Gasteiger partial charge >= 0.3 is 5.97 Å². The maximum Gasteiger partial charge on any atom is 0.303 e. The molecule has 206 valence electrons. The molecule has 1 aliphatic rings. The van der Waals surface area contributed by atoms with Crippen LogP contribution < -0.4 is 4.74 Å². The molecule has 1 aliphatic carbocycles. The molecule has 38 heavy (non-hydrogen) atoms. The Morgan fingerprint density at radius 2 is 1.63 bits per heavy atom. The molecule has 0 spiro atoms. The predicted molar refractivity (Wildman–Crippen MR) is 152 cm³/mol. The van der Waals surface area contributed by atoms with Gasteiger partial charge in [-0.2, -0.15) is 0 Å². The lowest BCUT2D eigenvalue weighted by Crippen LogP contribution is -2.28. The van der Waals surface area contributed by atoms with Crippen molar-refractivity contribution < 1.29 is 24.9 Å². The van der Waals surface area contributed by atoms with E-state index in [1.165, 1.54) is 24.0 Å². The summed E-state index contributed by atoms with van der Waals surface area (Å²) in [6.07, 6.45) is 4.92. The molecule has 0 amide bonds. The van der Waals surface area contributed by atoms with Gasteiger partial charge in [0.2, 0.25) is 0 Å². The fourth-order valence-electron chi connectivity index (χ4n) is 5.78. The summed E-state index contributed by atoms with van der Waals surface area (Å²) in [5, 5.41) is 29.5. The predicted octanol–water partition coefficient (Wildman–Crippen LogP) is 6.31. The maximum absolute atomic E-state index is 10.7. The molecule has 0 heterocycles. The molecule has 2 atom stereocenters. The van der Waals surface area contributed by atoms with Gasteiger partial charge in [-0.05, 0) is 80.3 Å². The summed E-state index contributed by atoms with van der Waals surface area (Å²) in [6, 6.07) is 12.7. The van der Waals surface area contributed by atoms with E-state index in [2.05, 4.69) is 69.9 Å². The van der Waals surface area contributed by atoms with Gasteiger partial charge in [-0.15, -0.1) is 0 Å². The summed E-state index contributed by atoms with van der Waals surface area (Å²) in [5.41, 5.74) is 5.23. The Labute approximate surface area is 228 Å². The lowest BCUT2D eigenvalue weighted by molar-refractivity contribution is -0.137. The molecule has 2 aromatic carbocycles. The van der Waals surface area contributed by atoms with Crippen LogP contribution in [0.3, 0.4) is 0 Å². The Morgan fingerprint density at radius 1 is 1.03 bits per heavy atom. The fraction of sp³-hybridized carbons (Fsp3) is 0.545. The van der Waals surface area contributed by atoms with Crippen LogP contribution >= 0.6 is 0 Å². The van der Waals surface area contributed by atoms with Crippen molar-refractivity contribution in [3.8, 4) is 17.6 Å². The molecule has 5 heteroatoms. The molecule has 3 N–H and O–H groups in total. The SMILES string of the molecule is CCC(CC)(c1ccc(C#CC(O)C2(C)CCCC2)c(C)c1)c1ccc(OC[C@H](O)CCC(=O)O)c(C)c1. The third kappa shape index (κ3) is 6.79. The average Bonchev–Trinajstić information content (AvgIpc) is 3.35. The Balaban J connectivity index is 1.81. The molecule has 0 saturated heterocycles. The number of hydrogen-bond acceptors (Lipinski definition) is 4. The summed E-state index contributed by atoms with van der Waals surface area (Å²) < 4.78 is 5.82. The Morgan fingerprint density at radius 3 is 2.18 bits per heavy atom. The summed E-state index contributed by atoms with van der Waals surface area (Å²) in [4.78, 5) is 10.7. The molecule has 3 rings (SSSR count). The first-order chi connectivity index (χ1) is 18.0. The highest BCUT2D eigenvalue weighted by molar-refractivity contribution is 5.66. The third-order valence-electron chi connectivity index (χ3n) is 8.59. The normalized spacial score (nSPS) is 16.4. The van der Waals surface area contributed by atoms with E-state index in [9.17, 15) is 15.0 Å². The second kappa shape index (κ2) is 12.8. The van der Waals surface area contributed by atoms with Crippen molar-refractivity contribution in [2.45, 2.75) is 104 Å². The van der Waals surface area contributed by atoms with E-state index in [1.807, 2.05) is 13.0 Å². The number of hydrogen-bond donors (Lipinski definition) is 3. The van der Waals surface area contributed by atoms with Crippen LogP contribution in [0, 0.1) is 31.1 Å². The van der Waals surface area contributed by atoms with E-state index >= 15 is 0 Å². The van der Waals surface area contributed by atoms with Gasteiger partial charge in [0.25, 0.3) is 0 Å². The highest BCUT2D eigenvalue weighted by Crippen LogP contribution is 2.42. The number of carboxylic acid groups (broad SMARTS) is 1. The molecule has 0 radical (unpaired) electrons. The topological polar surface area (TPSA) is 87.0 Å². The van der Waals surface area contributed by atoms with Crippen molar-refractivity contribution in [2.24, 2.45) is 5.41 Å². The van der Waals surface area contributed by atoms with Crippen LogP contribution in [0.25, 0.3) is 0 Å². The van der Waals surface area contributed by atoms with Crippen LogP contribution in [-0.4, -0.2) is 40.1 Å². The zero-order valence-corrected chi connectivity index (χ0v) is 23.6. The van der Waals surface area contributed by atoms with Crippen molar-refractivity contribution >= 4 is 5.97 Å². The third-order valence-corrected chi connectivity index (χ3v) is 8.59. The molecule has 0 aromatic heterocycles. The zero-order valence-electron chi connectivity index (χ0n) is 23.6. The Bertz CT molecular complexity index is 1160. The second-order valence-corrected chi connectivity index (χ2v) is 11.2. The number of aryl methyl sites for hydroxylation is 2. The van der Waals surface area contributed by atoms with Crippen LogP contribution in [0.1, 0.15) is 100.0 Å². The number of carboxylic acids is 1. The van der Waals surface area contributed by atoms with E-state index in [0.717, 1.165) is 42.4 Å². The van der Waals surface area contributed by atoms with Crippen molar-refractivity contribution in [3.63, 3.8) is 0 Å². The quantitative estimate of drug-likeness (QED) is 0.302. The molecule has 0 bridgehead atoms. The number of benzene rings is 2. The second-order valence-electron chi connectivity index (χ2n) is 11.2. The Hall–Kier alpha value is -2.81. The van der Waals surface area contributed by atoms with Crippen molar-refractivity contribution in [1.82, 2.24) is 0 Å². The Kier molecular flexibility index (Phi) is 10.0. The lowest BCUT2D eigenvalue weighted by Gasteiger charge is -2.34. The van der Waals surface area contributed by atoms with Crippen LogP contribution in [0.2, 0.25) is 0 Å². The highest BCUT2D eigenvalue weighted by Gasteiger charge is 2.35. The van der Waals surface area contributed by atoms with E-state index in [0.29, 0.717) is 5.75 Å². The minimum absolute atomic E-state index is 0.0652. The van der Waals surface area contributed by atoms with E-state index in [4.69, 9.17) is 9.84 Å². The first-order valence-corrected chi connectivity index (χ1v) is 14.0. The van der Waals surface area contributed by atoms with Crippen molar-refractivity contribution in [2.75, 3.05) is 6.61 Å². The number of ether oxygens (including phenoxy) is 1. The highest BCUT2D eigenvalue weighted by atomic mass is 16.5. The van der Waals surface area contributed by atoms with Crippen LogP contribution in [-0.2, 0) is 10.2 Å². The largest absolute Gasteiger partial charge is 0.491 e. The van der Waals surface area contributed by atoms with Gasteiger partial charge in [0.1, 0.15) is 18.5 Å². The minimum Gasteiger partial charge on any atom is -0.491 e. The van der Waals surface area contributed by atoms with Gasteiger partial charge in [-0.3, -0.25) is 4.79 Å². The average molecular weight is 521 g/mol. The maximum atomic E-state index is 10.7. The number of carbonyl (C=O) groups is 1. The monoisotopic (exact) mass is 520 g/mol. The van der Waals surface area contributed by atoms with Gasteiger partial charge in [0, 0.05) is 22.8 Å². The zero-order chi connectivity index (χ0) is 27.9. The lowest BCUT2D eigenvalue weighted by atomic mass is 9.70. The van der Waals surface area contributed by atoms with Gasteiger partial charge in [0.05, 0.1) is 6.10 Å². The van der Waals surface area contributed by atoms with Gasteiger partial charge < -0.3 is 20.1 Å². The summed E-state index contributed by atoms with van der Waals surface area (Å²) in [7, 11) is 0. The van der Waals surface area contributed by atoms with Crippen LogP contribution in [0.4, 0.5) is 0 Å². The van der Waals surface area contributed by atoms with Crippen LogP contribution in [0.15, 0.2) is 36.4 Å². The van der Waals surface area contributed by atoms with Gasteiger partial charge in [-0.1, -0.05) is 69.7 Å². The number of aliphatic hydroxyl groups is 2. The summed E-state index contributed by atoms with van der Waals surface area (Å²) >= 11 is 0. The smallest absolute Gasteiger partial charge is 0.303 e. The molecule has 1 saturated carbocycles. The summed E-state index contributed by atoms with van der Waals surface area (Å²) in [6.45, 7) is 10.7. The molecule has 0 aliphatic heterocycles. The number of aliphatic carboxylic acids is 1. The fourth-order valence-corrected chi connectivity index (χ4v) is 5.78. The standard InChI is InChI=1S/C33H44O5/c1-6-33(7-2,27-13-15-29(24(4)21-27)38-22-28(34)14-17-31(36)37)26-12-10-25(23(3)20-26)11-16-30(35)32(5)18-8-9-19-32/h10,12-13,15,20-21,28,30,34-35H,6-9,14,17-19,22H2,1-5H3,(H,36,37)/t28-,30?/m1/s1. The molecule has 1 fully saturated rings. The molecular weight excluding hydrogens is 476 g/mol. The molecule has 1 unspecified atom stereocenters. The van der Waals surface area contributed by atoms with Gasteiger partial charge in [-0.25, -0.2) is 0 Å². The number of aliphatic hydroxyl groups excluding tert-OH is 2. The van der Waals surface area contributed by atoms with Gasteiger partial charge in [0.15, 0.2) is 0 Å². The number of rotatable bonds is 11. The summed E-state index contributed by atoms with van der Waals surface area (Å²) in [5.74, 6) is 6.16. The first kappa shape index (κ1) is 29.7. The van der Waals surface area contributed by atoms with Crippen molar-refractivity contribution in [1.29, 1.82) is 0 Å². The van der Waals surface area contributed by atoms with Crippen molar-refractivity contribution in [3.05, 3.63) is 64.2 Å².